The van der Waals surface area contributed by atoms with E-state index in [4.69, 9.17) is 5.73 Å². The average Bonchev–Trinajstić information content (AvgIpc) is 2.63. The lowest BCUT2D eigenvalue weighted by Crippen LogP contribution is -2.40. The molecule has 1 amide bonds. The molecule has 0 saturated carbocycles. The first-order chi connectivity index (χ1) is 7.13. The molecule has 0 saturated heterocycles. The van der Waals surface area contributed by atoms with Crippen molar-refractivity contribution in [3.63, 3.8) is 0 Å². The molecule has 3 N–H and O–H groups in total. The molecule has 0 aliphatic carbocycles. The molecule has 84 valence electrons. The van der Waals surface area contributed by atoms with Gasteiger partial charge in [0.15, 0.2) is 0 Å². The molecule has 1 unspecified atom stereocenters. The molecule has 0 bridgehead atoms. The minimum atomic E-state index is -0.395. The van der Waals surface area contributed by atoms with Crippen LogP contribution in [0.5, 0.6) is 0 Å². The summed E-state index contributed by atoms with van der Waals surface area (Å²) >= 11 is 0. The number of amides is 1. The molecule has 1 aromatic heterocycles. The molecule has 1 rings (SSSR count). The Kier molecular flexibility index (Phi) is 4.30. The number of nitrogens with two attached hydrogens (primary N) is 1. The number of aromatic nitrogens is 2. The molecule has 0 aromatic carbocycles. The van der Waals surface area contributed by atoms with Gasteiger partial charge in [0, 0.05) is 26.2 Å². The Labute approximate surface area is 89.6 Å². The van der Waals surface area contributed by atoms with Crippen LogP contribution in [-0.4, -0.2) is 28.3 Å². The number of carbonyl (C=O) groups excluding carboxylic acids is 1. The van der Waals surface area contributed by atoms with Crippen LogP contribution in [0.25, 0.3) is 0 Å². The molecule has 5 nitrogen and oxygen atoms in total. The van der Waals surface area contributed by atoms with Gasteiger partial charge in [0.25, 0.3) is 0 Å². The summed E-state index contributed by atoms with van der Waals surface area (Å²) in [4.78, 5) is 11.3. The van der Waals surface area contributed by atoms with Gasteiger partial charge in [0.2, 0.25) is 5.91 Å². The summed E-state index contributed by atoms with van der Waals surface area (Å²) in [6.07, 6.45) is 3.29. The normalized spacial score (nSPS) is 12.5. The number of hydrogen-bond acceptors (Lipinski definition) is 3. The van der Waals surface area contributed by atoms with Gasteiger partial charge in [-0.05, 0) is 12.5 Å². The summed E-state index contributed by atoms with van der Waals surface area (Å²) in [6.45, 7) is 2.48. The van der Waals surface area contributed by atoms with Gasteiger partial charge in [-0.15, -0.1) is 0 Å². The first-order valence-electron chi connectivity index (χ1n) is 5.15. The molecule has 0 fully saturated rings. The highest BCUT2D eigenvalue weighted by Gasteiger charge is 2.09. The first-order valence-corrected chi connectivity index (χ1v) is 5.15. The molecule has 1 atom stereocenters. The van der Waals surface area contributed by atoms with Crippen LogP contribution in [0.4, 0.5) is 0 Å². The third kappa shape index (κ3) is 3.71. The summed E-state index contributed by atoms with van der Waals surface area (Å²) in [6, 6.07) is 1.54. The number of hydrogen-bond donors (Lipinski definition) is 2. The third-order valence-corrected chi connectivity index (χ3v) is 2.23. The molecule has 1 heterocycles. The third-order valence-electron chi connectivity index (χ3n) is 2.23. The molecule has 0 aliphatic rings. The van der Waals surface area contributed by atoms with Crippen molar-refractivity contribution in [1.82, 2.24) is 15.1 Å². The smallest absolute Gasteiger partial charge is 0.236 e. The van der Waals surface area contributed by atoms with Gasteiger partial charge in [0.05, 0.1) is 11.7 Å². The zero-order chi connectivity index (χ0) is 11.3. The van der Waals surface area contributed by atoms with E-state index < -0.39 is 6.04 Å². The fraction of sp³-hybridized carbons (Fsp3) is 0.600. The minimum Gasteiger partial charge on any atom is -0.354 e. The van der Waals surface area contributed by atoms with Crippen LogP contribution in [-0.2, 0) is 18.3 Å². The Hall–Kier alpha value is -1.36. The van der Waals surface area contributed by atoms with Gasteiger partial charge < -0.3 is 11.1 Å². The second-order valence-corrected chi connectivity index (χ2v) is 3.54. The predicted octanol–water partition coefficient (Wildman–Crippen LogP) is -0.184. The van der Waals surface area contributed by atoms with E-state index in [9.17, 15) is 4.79 Å². The fourth-order valence-electron chi connectivity index (χ4n) is 1.23. The van der Waals surface area contributed by atoms with Crippen LogP contribution in [0.2, 0.25) is 0 Å². The summed E-state index contributed by atoms with van der Waals surface area (Å²) in [7, 11) is 1.87. The molecular formula is C10H18N4O. The Balaban J connectivity index is 2.24. The Morgan fingerprint density at radius 1 is 1.73 bits per heavy atom. The maximum atomic E-state index is 11.3. The molecule has 0 aliphatic heterocycles. The van der Waals surface area contributed by atoms with Crippen molar-refractivity contribution in [2.75, 3.05) is 6.54 Å². The highest BCUT2D eigenvalue weighted by Crippen LogP contribution is 1.94. The maximum absolute atomic E-state index is 11.3. The van der Waals surface area contributed by atoms with Crippen molar-refractivity contribution in [1.29, 1.82) is 0 Å². The monoisotopic (exact) mass is 210 g/mol. The second kappa shape index (κ2) is 5.50. The lowest BCUT2D eigenvalue weighted by Gasteiger charge is -2.08. The average molecular weight is 210 g/mol. The lowest BCUT2D eigenvalue weighted by atomic mass is 10.2. The van der Waals surface area contributed by atoms with Crippen LogP contribution in [0.1, 0.15) is 19.0 Å². The van der Waals surface area contributed by atoms with E-state index in [0.29, 0.717) is 13.0 Å². The van der Waals surface area contributed by atoms with Crippen molar-refractivity contribution >= 4 is 5.91 Å². The Morgan fingerprint density at radius 3 is 3.00 bits per heavy atom. The number of aryl methyl sites for hydroxylation is 1. The van der Waals surface area contributed by atoms with Crippen LogP contribution in [0.15, 0.2) is 12.3 Å². The van der Waals surface area contributed by atoms with Crippen LogP contribution in [0, 0.1) is 0 Å². The van der Waals surface area contributed by atoms with E-state index in [-0.39, 0.29) is 5.91 Å². The molecule has 15 heavy (non-hydrogen) atoms. The molecule has 5 heteroatoms. The quantitative estimate of drug-likeness (QED) is 0.708. The van der Waals surface area contributed by atoms with Gasteiger partial charge >= 0.3 is 0 Å². The second-order valence-electron chi connectivity index (χ2n) is 3.54. The van der Waals surface area contributed by atoms with Gasteiger partial charge in [-0.2, -0.15) is 5.10 Å². The number of carbonyl (C=O) groups is 1. The van der Waals surface area contributed by atoms with E-state index in [0.717, 1.165) is 12.1 Å². The van der Waals surface area contributed by atoms with Crippen molar-refractivity contribution < 1.29 is 4.79 Å². The van der Waals surface area contributed by atoms with Gasteiger partial charge in [-0.1, -0.05) is 6.92 Å². The largest absolute Gasteiger partial charge is 0.354 e. The number of rotatable bonds is 5. The standard InChI is InChI=1S/C10H18N4O/c1-3-9(11)10(15)12-6-4-8-5-7-14(2)13-8/h5,7,9H,3-4,6,11H2,1-2H3,(H,12,15). The van der Waals surface area contributed by atoms with Crippen molar-refractivity contribution in [2.24, 2.45) is 12.8 Å². The number of nitrogens with one attached hydrogen (secondary N) is 1. The van der Waals surface area contributed by atoms with Gasteiger partial charge in [-0.25, -0.2) is 0 Å². The fourth-order valence-corrected chi connectivity index (χ4v) is 1.23. The SMILES string of the molecule is CCC(N)C(=O)NCCc1ccn(C)n1. The minimum absolute atomic E-state index is 0.0894. The Bertz CT molecular complexity index is 321. The van der Waals surface area contributed by atoms with Crippen LogP contribution >= 0.6 is 0 Å². The van der Waals surface area contributed by atoms with Gasteiger partial charge in [-0.3, -0.25) is 9.48 Å². The van der Waals surface area contributed by atoms with E-state index in [1.807, 2.05) is 26.2 Å². The molecule has 0 spiro atoms. The highest BCUT2D eigenvalue weighted by molar-refractivity contribution is 5.81. The maximum Gasteiger partial charge on any atom is 0.236 e. The molecule has 0 radical (unpaired) electrons. The summed E-state index contributed by atoms with van der Waals surface area (Å²) in [5, 5.41) is 6.98. The van der Waals surface area contributed by atoms with Gasteiger partial charge in [0.1, 0.15) is 0 Å². The van der Waals surface area contributed by atoms with Crippen molar-refractivity contribution in [3.8, 4) is 0 Å². The summed E-state index contributed by atoms with van der Waals surface area (Å²) < 4.78 is 1.74. The summed E-state index contributed by atoms with van der Waals surface area (Å²) in [5.41, 5.74) is 6.54. The van der Waals surface area contributed by atoms with E-state index >= 15 is 0 Å². The van der Waals surface area contributed by atoms with E-state index in [1.165, 1.54) is 0 Å². The molecule has 1 aromatic rings. The van der Waals surface area contributed by atoms with Crippen LogP contribution < -0.4 is 11.1 Å². The van der Waals surface area contributed by atoms with Crippen molar-refractivity contribution in [3.05, 3.63) is 18.0 Å². The van der Waals surface area contributed by atoms with E-state index in [2.05, 4.69) is 10.4 Å². The number of nitrogens with zero attached hydrogens (tertiary/aromatic N) is 2. The molecular weight excluding hydrogens is 192 g/mol. The van der Waals surface area contributed by atoms with Crippen molar-refractivity contribution in [2.45, 2.75) is 25.8 Å². The zero-order valence-electron chi connectivity index (χ0n) is 9.23. The predicted molar refractivity (Wildman–Crippen MR) is 58.2 cm³/mol. The Morgan fingerprint density at radius 2 is 2.47 bits per heavy atom. The van der Waals surface area contributed by atoms with Crippen LogP contribution in [0.3, 0.4) is 0 Å². The topological polar surface area (TPSA) is 72.9 Å². The summed E-state index contributed by atoms with van der Waals surface area (Å²) in [5.74, 6) is -0.0894. The lowest BCUT2D eigenvalue weighted by molar-refractivity contribution is -0.122. The highest BCUT2D eigenvalue weighted by atomic mass is 16.2. The zero-order valence-corrected chi connectivity index (χ0v) is 9.23. The first kappa shape index (κ1) is 11.7. The van der Waals surface area contributed by atoms with E-state index in [1.54, 1.807) is 4.68 Å².